The maximum Gasteiger partial charge on any atom is 0.412 e. The van der Waals surface area contributed by atoms with Gasteiger partial charge in [0.25, 0.3) is 0 Å². The normalized spacial score (nSPS) is 32.0. The van der Waals surface area contributed by atoms with Gasteiger partial charge in [-0.25, -0.2) is 18.4 Å². The summed E-state index contributed by atoms with van der Waals surface area (Å²) in [7, 11) is 0. The third kappa shape index (κ3) is 7.77. The van der Waals surface area contributed by atoms with E-state index in [0.29, 0.717) is 6.42 Å². The Morgan fingerprint density at radius 2 is 1.34 bits per heavy atom. The van der Waals surface area contributed by atoms with Crippen molar-refractivity contribution in [2.45, 2.75) is 74.6 Å². The minimum Gasteiger partial charge on any atom is -0.446 e. The van der Waals surface area contributed by atoms with Gasteiger partial charge in [0.15, 0.2) is 12.4 Å². The predicted molar refractivity (Wildman–Crippen MR) is 145 cm³/mol. The SMILES string of the molecule is CC[C@@H]1O[C@H](CO)[C@@H](O[C@@H]2O[C@H](COC(=O)Nc3ccccc3F)[C@@H](OC(=O)Nc3ccccc3F)[C@H](O)[C@H]2O)[C@H](O)[C@H]1O. The molecule has 2 aliphatic rings. The molecule has 2 fully saturated rings. The molecule has 0 saturated carbocycles. The molecule has 7 N–H and O–H groups in total. The average Bonchev–Trinajstić information content (AvgIpc) is 3.00. The van der Waals surface area contributed by atoms with Gasteiger partial charge in [0.05, 0.1) is 24.1 Å². The smallest absolute Gasteiger partial charge is 0.412 e. The van der Waals surface area contributed by atoms with Gasteiger partial charge in [0, 0.05) is 0 Å². The van der Waals surface area contributed by atoms with Crippen LogP contribution in [0.2, 0.25) is 0 Å². The largest absolute Gasteiger partial charge is 0.446 e. The van der Waals surface area contributed by atoms with E-state index in [1.54, 1.807) is 6.92 Å². The van der Waals surface area contributed by atoms with Crippen LogP contribution >= 0.6 is 0 Å². The van der Waals surface area contributed by atoms with E-state index in [2.05, 4.69) is 10.6 Å². The van der Waals surface area contributed by atoms with Gasteiger partial charge in [0.1, 0.15) is 61.0 Å². The minimum absolute atomic E-state index is 0.207. The highest BCUT2D eigenvalue weighted by Gasteiger charge is 2.52. The van der Waals surface area contributed by atoms with E-state index in [9.17, 15) is 43.9 Å². The molecule has 2 aromatic carbocycles. The second-order valence-electron chi connectivity index (χ2n) is 10.1. The number of carbonyl (C=O) groups excluding carboxylic acids is 2. The number of para-hydroxylation sites is 2. The summed E-state index contributed by atoms with van der Waals surface area (Å²) in [6.45, 7) is 0.284. The van der Waals surface area contributed by atoms with Crippen molar-refractivity contribution < 1.29 is 67.6 Å². The molecular formula is C28H34F2N2O12. The van der Waals surface area contributed by atoms with E-state index in [-0.39, 0.29) is 11.4 Å². The molecule has 16 heteroatoms. The Labute approximate surface area is 250 Å². The van der Waals surface area contributed by atoms with Crippen molar-refractivity contribution in [1.29, 1.82) is 0 Å². The number of hydrogen-bond acceptors (Lipinski definition) is 12. The molecule has 0 spiro atoms. The number of aliphatic hydroxyl groups is 5. The molecule has 242 valence electrons. The number of ether oxygens (including phenoxy) is 5. The Balaban J connectivity index is 1.51. The molecule has 2 heterocycles. The maximum atomic E-state index is 14.0. The summed E-state index contributed by atoms with van der Waals surface area (Å²) in [5.74, 6) is -1.54. The molecule has 2 amide bonds. The first kappa shape index (κ1) is 33.4. The van der Waals surface area contributed by atoms with Crippen LogP contribution in [-0.4, -0.2) is 112 Å². The maximum absolute atomic E-state index is 14.0. The molecule has 2 saturated heterocycles. The van der Waals surface area contributed by atoms with Gasteiger partial charge >= 0.3 is 12.2 Å². The van der Waals surface area contributed by atoms with Crippen LogP contribution in [0.1, 0.15) is 13.3 Å². The Morgan fingerprint density at radius 1 is 0.773 bits per heavy atom. The quantitative estimate of drug-likeness (QED) is 0.207. The molecule has 2 aromatic rings. The Bertz CT molecular complexity index is 1270. The van der Waals surface area contributed by atoms with Crippen LogP contribution in [0.3, 0.4) is 0 Å². The highest BCUT2D eigenvalue weighted by atomic mass is 19.1. The predicted octanol–water partition coefficient (Wildman–Crippen LogP) is 0.854. The molecule has 0 aromatic heterocycles. The highest BCUT2D eigenvalue weighted by Crippen LogP contribution is 2.31. The van der Waals surface area contributed by atoms with Crippen molar-refractivity contribution in [3.8, 4) is 0 Å². The molecule has 14 nitrogen and oxygen atoms in total. The number of benzene rings is 2. The zero-order valence-electron chi connectivity index (χ0n) is 23.4. The van der Waals surface area contributed by atoms with E-state index >= 15 is 0 Å². The number of amides is 2. The molecule has 2 aliphatic heterocycles. The van der Waals surface area contributed by atoms with Crippen molar-refractivity contribution >= 4 is 23.6 Å². The zero-order valence-corrected chi connectivity index (χ0v) is 23.4. The standard InChI is InChI=1S/C28H34F2N2O12/c1-2-17-20(34)21(35)24(18(11-33)41-17)43-26-23(37)22(36)25(44-28(39)32-16-10-6-4-8-14(16)30)19(42-26)12-40-27(38)31-15-9-5-3-7-13(15)29/h3-10,17-26,33-37H,2,11-12H2,1H3,(H,31,38)(H,32,39)/t17-,18+,19+,20-,21+,22+,23+,24+,25+,26-/m0/s1. The monoisotopic (exact) mass is 628 g/mol. The van der Waals surface area contributed by atoms with Crippen LogP contribution in [0.25, 0.3) is 0 Å². The third-order valence-corrected chi connectivity index (χ3v) is 7.14. The minimum atomic E-state index is -1.97. The van der Waals surface area contributed by atoms with E-state index < -0.39 is 98.3 Å². The molecule has 0 unspecified atom stereocenters. The lowest BCUT2D eigenvalue weighted by atomic mass is 9.93. The summed E-state index contributed by atoms with van der Waals surface area (Å²) < 4.78 is 55.3. The molecule has 44 heavy (non-hydrogen) atoms. The van der Waals surface area contributed by atoms with E-state index in [1.807, 2.05) is 0 Å². The summed E-state index contributed by atoms with van der Waals surface area (Å²) >= 11 is 0. The lowest BCUT2D eigenvalue weighted by Gasteiger charge is -2.46. The molecular weight excluding hydrogens is 594 g/mol. The van der Waals surface area contributed by atoms with Crippen LogP contribution in [0.15, 0.2) is 48.5 Å². The first-order valence-corrected chi connectivity index (χ1v) is 13.7. The summed E-state index contributed by atoms with van der Waals surface area (Å²) in [5, 5.41) is 57.0. The number of aliphatic hydroxyl groups excluding tert-OH is 5. The van der Waals surface area contributed by atoms with Gasteiger partial charge in [-0.1, -0.05) is 31.2 Å². The van der Waals surface area contributed by atoms with Crippen LogP contribution in [0.5, 0.6) is 0 Å². The fourth-order valence-electron chi connectivity index (χ4n) is 4.81. The van der Waals surface area contributed by atoms with Crippen LogP contribution in [0, 0.1) is 11.6 Å². The fraction of sp³-hybridized carbons (Fsp3) is 0.500. The second-order valence-corrected chi connectivity index (χ2v) is 10.1. The summed E-state index contributed by atoms with van der Waals surface area (Å²) in [4.78, 5) is 25.0. The first-order chi connectivity index (χ1) is 21.0. The number of rotatable bonds is 9. The number of anilines is 2. The van der Waals surface area contributed by atoms with Crippen LogP contribution in [-0.2, 0) is 23.7 Å². The zero-order chi connectivity index (χ0) is 32.0. The third-order valence-electron chi connectivity index (χ3n) is 7.14. The Morgan fingerprint density at radius 3 is 1.91 bits per heavy atom. The Kier molecular flexibility index (Phi) is 11.4. The molecule has 0 aliphatic carbocycles. The number of hydrogen-bond donors (Lipinski definition) is 7. The van der Waals surface area contributed by atoms with Gasteiger partial charge in [-0.3, -0.25) is 10.6 Å². The van der Waals surface area contributed by atoms with Crippen molar-refractivity contribution in [2.24, 2.45) is 0 Å². The molecule has 0 bridgehead atoms. The van der Waals surface area contributed by atoms with Crippen molar-refractivity contribution in [3.63, 3.8) is 0 Å². The average molecular weight is 629 g/mol. The number of halogens is 2. The van der Waals surface area contributed by atoms with Crippen LogP contribution < -0.4 is 10.6 Å². The summed E-state index contributed by atoms with van der Waals surface area (Å²) in [5.41, 5.74) is -0.464. The van der Waals surface area contributed by atoms with Gasteiger partial charge in [0.2, 0.25) is 0 Å². The van der Waals surface area contributed by atoms with Gasteiger partial charge in [-0.15, -0.1) is 0 Å². The topological polar surface area (TPSA) is 205 Å². The number of carbonyl (C=O) groups is 2. The van der Waals surface area contributed by atoms with Crippen LogP contribution in [0.4, 0.5) is 29.7 Å². The van der Waals surface area contributed by atoms with Crippen molar-refractivity contribution in [3.05, 3.63) is 60.2 Å². The van der Waals surface area contributed by atoms with Gasteiger partial charge < -0.3 is 49.2 Å². The first-order valence-electron chi connectivity index (χ1n) is 13.7. The van der Waals surface area contributed by atoms with E-state index in [4.69, 9.17) is 23.7 Å². The molecule has 10 atom stereocenters. The molecule has 4 rings (SSSR count). The van der Waals surface area contributed by atoms with E-state index in [1.165, 1.54) is 36.4 Å². The lowest BCUT2D eigenvalue weighted by Crippen LogP contribution is -2.65. The highest BCUT2D eigenvalue weighted by molar-refractivity contribution is 5.85. The fourth-order valence-corrected chi connectivity index (χ4v) is 4.81. The lowest BCUT2D eigenvalue weighted by molar-refractivity contribution is -0.341. The summed E-state index contributed by atoms with van der Waals surface area (Å²) in [6, 6.07) is 10.4. The van der Waals surface area contributed by atoms with E-state index in [0.717, 1.165) is 12.1 Å². The Hall–Kier alpha value is -3.48. The van der Waals surface area contributed by atoms with Crippen molar-refractivity contribution in [2.75, 3.05) is 23.8 Å². The molecule has 0 radical (unpaired) electrons. The van der Waals surface area contributed by atoms with Gasteiger partial charge in [-0.2, -0.15) is 0 Å². The second kappa shape index (κ2) is 15.0. The van der Waals surface area contributed by atoms with Gasteiger partial charge in [-0.05, 0) is 30.7 Å². The summed E-state index contributed by atoms with van der Waals surface area (Å²) in [6.07, 6.45) is -17.7. The van der Waals surface area contributed by atoms with Crippen molar-refractivity contribution in [1.82, 2.24) is 0 Å². The number of nitrogens with one attached hydrogen (secondary N) is 2.